The summed E-state index contributed by atoms with van der Waals surface area (Å²) in [5, 5.41) is 10.9. The first-order chi connectivity index (χ1) is 10.6. The largest absolute Gasteiger partial charge is 0.294 e. The van der Waals surface area contributed by atoms with E-state index in [9.17, 15) is 14.9 Å². The predicted molar refractivity (Wildman–Crippen MR) is 86.3 cm³/mol. The molecule has 0 spiro atoms. The zero-order chi connectivity index (χ0) is 15.3. The maximum atomic E-state index is 12.3. The number of nitrogens with zero attached hydrogens (tertiary/aromatic N) is 2. The molecule has 110 valence electrons. The van der Waals surface area contributed by atoms with Gasteiger partial charge >= 0.3 is 0 Å². The molecule has 2 heterocycles. The summed E-state index contributed by atoms with van der Waals surface area (Å²) in [6.07, 6.45) is 0. The van der Waals surface area contributed by atoms with E-state index in [2.05, 4.69) is 0 Å². The van der Waals surface area contributed by atoms with E-state index in [4.69, 9.17) is 0 Å². The highest BCUT2D eigenvalue weighted by molar-refractivity contribution is 8.01. The van der Waals surface area contributed by atoms with E-state index in [0.717, 1.165) is 21.0 Å². The van der Waals surface area contributed by atoms with Crippen molar-refractivity contribution < 1.29 is 9.72 Å². The lowest BCUT2D eigenvalue weighted by molar-refractivity contribution is -0.385. The van der Waals surface area contributed by atoms with E-state index in [0.29, 0.717) is 5.75 Å². The predicted octanol–water partition coefficient (Wildman–Crippen LogP) is 3.84. The summed E-state index contributed by atoms with van der Waals surface area (Å²) in [6.45, 7) is 0. The van der Waals surface area contributed by atoms with Crippen molar-refractivity contribution in [2.75, 3.05) is 10.7 Å². The van der Waals surface area contributed by atoms with Gasteiger partial charge in [0.25, 0.3) is 5.69 Å². The Morgan fingerprint density at radius 2 is 2.00 bits per heavy atom. The molecule has 0 saturated carbocycles. The van der Waals surface area contributed by atoms with E-state index in [1.54, 1.807) is 28.8 Å². The van der Waals surface area contributed by atoms with Crippen molar-refractivity contribution in [3.8, 4) is 0 Å². The van der Waals surface area contributed by atoms with E-state index in [-0.39, 0.29) is 17.0 Å². The Bertz CT molecular complexity index is 809. The molecule has 7 heteroatoms. The van der Waals surface area contributed by atoms with Crippen LogP contribution in [0.2, 0.25) is 0 Å². The Kier molecular flexibility index (Phi) is 3.12. The summed E-state index contributed by atoms with van der Waals surface area (Å²) in [5.74, 6) is 0.439. The molecule has 5 nitrogen and oxygen atoms in total. The maximum Gasteiger partial charge on any atom is 0.269 e. The number of thioether (sulfide) groups is 1. The number of fused-ring (bicyclic) bond motifs is 5. The van der Waals surface area contributed by atoms with Gasteiger partial charge in [-0.1, -0.05) is 23.9 Å². The van der Waals surface area contributed by atoms with Crippen LogP contribution in [-0.4, -0.2) is 16.6 Å². The molecule has 2 aromatic carbocycles. The summed E-state index contributed by atoms with van der Waals surface area (Å²) in [4.78, 5) is 26.7. The van der Waals surface area contributed by atoms with Crippen molar-refractivity contribution in [3.05, 3.63) is 58.1 Å². The zero-order valence-corrected chi connectivity index (χ0v) is 12.9. The lowest BCUT2D eigenvalue weighted by Crippen LogP contribution is -2.27. The molecule has 2 aromatic rings. The van der Waals surface area contributed by atoms with E-state index in [1.165, 1.54) is 17.8 Å². The quantitative estimate of drug-likeness (QED) is 0.587. The Labute approximate surface area is 134 Å². The third-order valence-electron chi connectivity index (χ3n) is 3.68. The van der Waals surface area contributed by atoms with Crippen LogP contribution in [0.15, 0.2) is 52.3 Å². The van der Waals surface area contributed by atoms with E-state index in [1.807, 2.05) is 24.3 Å². The van der Waals surface area contributed by atoms with Gasteiger partial charge in [0.2, 0.25) is 5.91 Å². The van der Waals surface area contributed by atoms with Gasteiger partial charge in [0.1, 0.15) is 5.37 Å². The summed E-state index contributed by atoms with van der Waals surface area (Å²) in [5.41, 5.74) is 1.78. The van der Waals surface area contributed by atoms with Gasteiger partial charge in [-0.3, -0.25) is 19.8 Å². The van der Waals surface area contributed by atoms with Gasteiger partial charge < -0.3 is 0 Å². The standard InChI is InChI=1S/C15H10N2O3S2/c18-14-8-21-15-10-7-9(17(19)20)5-6-12(10)22-13-4-2-1-3-11(13)16(14)15/h1-7,15H,8H2. The molecular formula is C15H10N2O3S2. The van der Waals surface area contributed by atoms with Crippen LogP contribution in [0.5, 0.6) is 0 Å². The molecule has 0 aromatic heterocycles. The molecule has 22 heavy (non-hydrogen) atoms. The van der Waals surface area contributed by atoms with Crippen molar-refractivity contribution in [2.24, 2.45) is 0 Å². The third kappa shape index (κ3) is 2.00. The van der Waals surface area contributed by atoms with Crippen molar-refractivity contribution in [2.45, 2.75) is 15.2 Å². The Morgan fingerprint density at radius 1 is 1.18 bits per heavy atom. The molecule has 1 saturated heterocycles. The molecule has 1 atom stereocenters. The van der Waals surface area contributed by atoms with E-state index >= 15 is 0 Å². The van der Waals surface area contributed by atoms with Crippen LogP contribution in [0, 0.1) is 10.1 Å². The van der Waals surface area contributed by atoms with Gasteiger partial charge in [-0.2, -0.15) is 0 Å². The third-order valence-corrected chi connectivity index (χ3v) is 6.03. The zero-order valence-electron chi connectivity index (χ0n) is 11.3. The van der Waals surface area contributed by atoms with Gasteiger partial charge in [0.15, 0.2) is 0 Å². The Morgan fingerprint density at radius 3 is 2.82 bits per heavy atom. The molecular weight excluding hydrogens is 320 g/mol. The van der Waals surface area contributed by atoms with Gasteiger partial charge in [0, 0.05) is 27.5 Å². The smallest absolute Gasteiger partial charge is 0.269 e. The maximum absolute atomic E-state index is 12.3. The molecule has 1 fully saturated rings. The van der Waals surface area contributed by atoms with Crippen LogP contribution in [0.3, 0.4) is 0 Å². The average molecular weight is 330 g/mol. The molecule has 4 rings (SSSR count). The van der Waals surface area contributed by atoms with Crippen LogP contribution < -0.4 is 4.90 Å². The number of hydrogen-bond acceptors (Lipinski definition) is 5. The fraction of sp³-hybridized carbons (Fsp3) is 0.133. The number of nitro benzene ring substituents is 1. The molecule has 1 amide bonds. The summed E-state index contributed by atoms with van der Waals surface area (Å²) < 4.78 is 0. The summed E-state index contributed by atoms with van der Waals surface area (Å²) in [7, 11) is 0. The molecule has 0 radical (unpaired) electrons. The molecule has 2 aliphatic heterocycles. The number of benzene rings is 2. The Balaban J connectivity index is 1.94. The highest BCUT2D eigenvalue weighted by Crippen LogP contribution is 2.52. The second-order valence-corrected chi connectivity index (χ2v) is 7.13. The normalized spacial score (nSPS) is 19.2. The number of carbonyl (C=O) groups excluding carboxylic acids is 1. The molecule has 1 unspecified atom stereocenters. The second kappa shape index (κ2) is 5.03. The molecule has 0 aliphatic carbocycles. The Hall–Kier alpha value is -1.99. The van der Waals surface area contributed by atoms with Gasteiger partial charge in [-0.25, -0.2) is 0 Å². The average Bonchev–Trinajstić information content (AvgIpc) is 2.83. The van der Waals surface area contributed by atoms with Crippen LogP contribution in [0.4, 0.5) is 11.4 Å². The van der Waals surface area contributed by atoms with Gasteiger partial charge in [0.05, 0.1) is 16.4 Å². The number of anilines is 1. The minimum absolute atomic E-state index is 0.0439. The molecule has 0 N–H and O–H groups in total. The minimum Gasteiger partial charge on any atom is -0.294 e. The number of non-ortho nitro benzene ring substituents is 1. The topological polar surface area (TPSA) is 63.4 Å². The van der Waals surface area contributed by atoms with Crippen molar-refractivity contribution in [1.29, 1.82) is 0 Å². The second-order valence-electron chi connectivity index (χ2n) is 4.98. The summed E-state index contributed by atoms with van der Waals surface area (Å²) >= 11 is 3.07. The number of carbonyl (C=O) groups is 1. The fourth-order valence-corrected chi connectivity index (χ4v) is 5.06. The van der Waals surface area contributed by atoms with Crippen LogP contribution in [0.1, 0.15) is 10.9 Å². The monoisotopic (exact) mass is 330 g/mol. The number of para-hydroxylation sites is 1. The van der Waals surface area contributed by atoms with Crippen molar-refractivity contribution >= 4 is 40.8 Å². The summed E-state index contributed by atoms with van der Waals surface area (Å²) in [6, 6.07) is 12.6. The van der Waals surface area contributed by atoms with Gasteiger partial charge in [-0.05, 0) is 18.2 Å². The van der Waals surface area contributed by atoms with Gasteiger partial charge in [-0.15, -0.1) is 11.8 Å². The SMILES string of the molecule is O=C1CSC2c3cc([N+](=O)[O-])ccc3Sc3ccccc3N12. The molecule has 2 aliphatic rings. The fourth-order valence-electron chi connectivity index (χ4n) is 2.71. The van der Waals surface area contributed by atoms with Crippen LogP contribution in [0.25, 0.3) is 0 Å². The van der Waals surface area contributed by atoms with Crippen molar-refractivity contribution in [1.82, 2.24) is 0 Å². The highest BCUT2D eigenvalue weighted by Gasteiger charge is 2.39. The minimum atomic E-state index is -0.394. The number of amides is 1. The number of nitro groups is 1. The van der Waals surface area contributed by atoms with E-state index < -0.39 is 4.92 Å². The first-order valence-electron chi connectivity index (χ1n) is 6.64. The lowest BCUT2D eigenvalue weighted by atomic mass is 10.1. The van der Waals surface area contributed by atoms with Crippen molar-refractivity contribution in [3.63, 3.8) is 0 Å². The highest BCUT2D eigenvalue weighted by atomic mass is 32.2. The van der Waals surface area contributed by atoms with Crippen LogP contribution in [-0.2, 0) is 4.79 Å². The first-order valence-corrected chi connectivity index (χ1v) is 8.50. The number of rotatable bonds is 1. The lowest BCUT2D eigenvalue weighted by Gasteiger charge is -2.23. The number of hydrogen-bond donors (Lipinski definition) is 0. The first kappa shape index (κ1) is 13.7. The molecule has 0 bridgehead atoms. The van der Waals surface area contributed by atoms with Crippen LogP contribution >= 0.6 is 23.5 Å².